The lowest BCUT2D eigenvalue weighted by molar-refractivity contribution is -0.0369. The molecule has 0 aliphatic heterocycles. The van der Waals surface area contributed by atoms with E-state index in [1.54, 1.807) is 6.07 Å². The van der Waals surface area contributed by atoms with Crippen LogP contribution in [0.4, 0.5) is 13.2 Å². The zero-order valence-corrected chi connectivity index (χ0v) is 9.05. The van der Waals surface area contributed by atoms with Crippen molar-refractivity contribution in [2.75, 3.05) is 0 Å². The maximum absolute atomic E-state index is 11.9. The summed E-state index contributed by atoms with van der Waals surface area (Å²) in [5.74, 6) is -0.00894. The fraction of sp³-hybridized carbons (Fsp3) is 0.100. The molecule has 3 nitrogen and oxygen atoms in total. The Balaban J connectivity index is 2.25. The zero-order valence-electron chi connectivity index (χ0n) is 8.23. The molecule has 1 heterocycles. The molecule has 0 amide bonds. The van der Waals surface area contributed by atoms with E-state index < -0.39 is 17.6 Å². The molecule has 0 saturated heterocycles. The van der Waals surface area contributed by atoms with E-state index in [9.17, 15) is 18.3 Å². The van der Waals surface area contributed by atoms with E-state index in [2.05, 4.69) is 9.17 Å². The standard InChI is InChI=1S/C10H6F3NO2S/c11-10(12,13)17-16-8-4-6-3-7(15)1-2-9(6)14-5-8/h1-5,15H. The van der Waals surface area contributed by atoms with Gasteiger partial charge in [-0.25, -0.2) is 0 Å². The van der Waals surface area contributed by atoms with Crippen LogP contribution in [0.2, 0.25) is 0 Å². The number of aromatic hydroxyl groups is 1. The molecule has 0 aliphatic carbocycles. The van der Waals surface area contributed by atoms with Crippen molar-refractivity contribution in [2.24, 2.45) is 0 Å². The lowest BCUT2D eigenvalue weighted by atomic mass is 10.2. The number of benzene rings is 1. The molecule has 0 bridgehead atoms. The van der Waals surface area contributed by atoms with Gasteiger partial charge in [-0.3, -0.25) is 4.98 Å². The number of rotatable bonds is 2. The van der Waals surface area contributed by atoms with Crippen molar-refractivity contribution in [1.29, 1.82) is 0 Å². The molecule has 17 heavy (non-hydrogen) atoms. The molecule has 0 fully saturated rings. The fourth-order valence-corrected chi connectivity index (χ4v) is 1.52. The van der Waals surface area contributed by atoms with E-state index in [0.29, 0.717) is 10.9 Å². The average Bonchev–Trinajstić information content (AvgIpc) is 2.24. The Kier molecular flexibility index (Phi) is 3.01. The topological polar surface area (TPSA) is 42.4 Å². The van der Waals surface area contributed by atoms with Gasteiger partial charge in [0.05, 0.1) is 11.7 Å². The molecule has 0 spiro atoms. The number of aromatic nitrogens is 1. The van der Waals surface area contributed by atoms with Crippen molar-refractivity contribution < 1.29 is 22.5 Å². The predicted octanol–water partition coefficient (Wildman–Crippen LogP) is 3.49. The molecule has 0 unspecified atom stereocenters. The second kappa shape index (κ2) is 4.33. The molecule has 1 N–H and O–H groups in total. The Labute approximate surface area is 98.4 Å². The summed E-state index contributed by atoms with van der Waals surface area (Å²) >= 11 is -0.603. The van der Waals surface area contributed by atoms with Gasteiger partial charge in [-0.2, -0.15) is 13.2 Å². The van der Waals surface area contributed by atoms with Gasteiger partial charge in [-0.05, 0) is 24.3 Å². The van der Waals surface area contributed by atoms with Gasteiger partial charge in [0.1, 0.15) is 5.75 Å². The highest BCUT2D eigenvalue weighted by Crippen LogP contribution is 2.33. The maximum atomic E-state index is 11.9. The van der Waals surface area contributed by atoms with Gasteiger partial charge in [0.2, 0.25) is 0 Å². The van der Waals surface area contributed by atoms with Crippen LogP contribution < -0.4 is 4.18 Å². The van der Waals surface area contributed by atoms with E-state index in [4.69, 9.17) is 0 Å². The second-order valence-electron chi connectivity index (χ2n) is 3.16. The van der Waals surface area contributed by atoms with Crippen LogP contribution in [0, 0.1) is 0 Å². The van der Waals surface area contributed by atoms with E-state index in [1.165, 1.54) is 24.4 Å². The van der Waals surface area contributed by atoms with Crippen LogP contribution in [0.5, 0.6) is 11.5 Å². The largest absolute Gasteiger partial charge is 0.508 e. The third-order valence-electron chi connectivity index (χ3n) is 1.87. The maximum Gasteiger partial charge on any atom is 0.479 e. The highest BCUT2D eigenvalue weighted by Gasteiger charge is 2.31. The van der Waals surface area contributed by atoms with E-state index in [1.807, 2.05) is 0 Å². The van der Waals surface area contributed by atoms with Crippen LogP contribution in [0.15, 0.2) is 30.5 Å². The van der Waals surface area contributed by atoms with Crippen molar-refractivity contribution >= 4 is 22.9 Å². The first-order chi connectivity index (χ1) is 7.94. The summed E-state index contributed by atoms with van der Waals surface area (Å²) in [5.41, 5.74) is -3.90. The summed E-state index contributed by atoms with van der Waals surface area (Å²) in [6, 6.07) is 5.78. The minimum atomic E-state index is -4.46. The number of pyridine rings is 1. The molecule has 0 radical (unpaired) electrons. The Hall–Kier alpha value is -1.63. The molecule has 0 aliphatic rings. The first kappa shape index (κ1) is 11.8. The monoisotopic (exact) mass is 261 g/mol. The number of hydrogen-bond donors (Lipinski definition) is 1. The lowest BCUT2D eigenvalue weighted by Crippen LogP contribution is -2.02. The Bertz CT molecular complexity index is 545. The molecule has 90 valence electrons. The van der Waals surface area contributed by atoms with Crippen LogP contribution >= 0.6 is 12.0 Å². The SMILES string of the molecule is Oc1ccc2ncc(OSC(F)(F)F)cc2c1. The lowest BCUT2D eigenvalue weighted by Gasteiger charge is -2.06. The van der Waals surface area contributed by atoms with Crippen LogP contribution in [-0.2, 0) is 0 Å². The van der Waals surface area contributed by atoms with Crippen molar-refractivity contribution in [3.05, 3.63) is 30.5 Å². The molecule has 2 aromatic rings. The quantitative estimate of drug-likeness (QED) is 0.840. The smallest absolute Gasteiger partial charge is 0.479 e. The summed E-state index contributed by atoms with van der Waals surface area (Å²) in [6.07, 6.45) is 1.19. The van der Waals surface area contributed by atoms with E-state index in [-0.39, 0.29) is 11.5 Å². The number of phenols is 1. The van der Waals surface area contributed by atoms with Crippen LogP contribution in [0.1, 0.15) is 0 Å². The summed E-state index contributed by atoms with van der Waals surface area (Å²) in [4.78, 5) is 3.91. The van der Waals surface area contributed by atoms with Crippen molar-refractivity contribution in [2.45, 2.75) is 5.51 Å². The van der Waals surface area contributed by atoms with Crippen molar-refractivity contribution in [1.82, 2.24) is 4.98 Å². The Morgan fingerprint density at radius 3 is 2.71 bits per heavy atom. The van der Waals surface area contributed by atoms with Crippen LogP contribution in [0.3, 0.4) is 0 Å². The molecule has 1 aromatic heterocycles. The Morgan fingerprint density at radius 2 is 2.00 bits per heavy atom. The number of alkyl halides is 3. The zero-order chi connectivity index (χ0) is 12.5. The summed E-state index contributed by atoms with van der Waals surface area (Å²) in [5, 5.41) is 9.73. The van der Waals surface area contributed by atoms with Gasteiger partial charge in [-0.1, -0.05) is 0 Å². The predicted molar refractivity (Wildman–Crippen MR) is 57.7 cm³/mol. The van der Waals surface area contributed by atoms with Crippen molar-refractivity contribution in [3.63, 3.8) is 0 Å². The average molecular weight is 261 g/mol. The third kappa shape index (κ3) is 3.16. The fourth-order valence-electron chi connectivity index (χ4n) is 1.24. The molecule has 1 aromatic carbocycles. The van der Waals surface area contributed by atoms with Crippen LogP contribution in [0.25, 0.3) is 10.9 Å². The molecular weight excluding hydrogens is 255 g/mol. The van der Waals surface area contributed by atoms with E-state index in [0.717, 1.165) is 0 Å². The van der Waals surface area contributed by atoms with Gasteiger partial charge < -0.3 is 9.29 Å². The highest BCUT2D eigenvalue weighted by atomic mass is 32.2. The van der Waals surface area contributed by atoms with E-state index >= 15 is 0 Å². The molecule has 0 saturated carbocycles. The first-order valence-electron chi connectivity index (χ1n) is 4.45. The normalized spacial score (nSPS) is 11.7. The van der Waals surface area contributed by atoms with Gasteiger partial charge in [-0.15, -0.1) is 0 Å². The number of hydrogen-bond acceptors (Lipinski definition) is 4. The van der Waals surface area contributed by atoms with Gasteiger partial charge in [0.25, 0.3) is 0 Å². The Morgan fingerprint density at radius 1 is 1.24 bits per heavy atom. The van der Waals surface area contributed by atoms with Gasteiger partial charge in [0, 0.05) is 5.39 Å². The summed E-state index contributed by atoms with van der Waals surface area (Å²) in [6.45, 7) is 0. The molecule has 7 heteroatoms. The molecule has 0 atom stereocenters. The summed E-state index contributed by atoms with van der Waals surface area (Å²) in [7, 11) is 0. The number of phenolic OH excluding ortho intramolecular Hbond substituents is 1. The van der Waals surface area contributed by atoms with Gasteiger partial charge >= 0.3 is 5.51 Å². The molecular formula is C10H6F3NO2S. The number of halogens is 3. The first-order valence-corrected chi connectivity index (χ1v) is 5.19. The number of nitrogens with zero attached hydrogens (tertiary/aromatic N) is 1. The molecule has 2 rings (SSSR count). The highest BCUT2D eigenvalue weighted by molar-refractivity contribution is 7.95. The minimum Gasteiger partial charge on any atom is -0.508 e. The van der Waals surface area contributed by atoms with Crippen LogP contribution in [-0.4, -0.2) is 15.6 Å². The third-order valence-corrected chi connectivity index (χ3v) is 2.34. The minimum absolute atomic E-state index is 0.0138. The number of fused-ring (bicyclic) bond motifs is 1. The second-order valence-corrected chi connectivity index (χ2v) is 3.96. The van der Waals surface area contributed by atoms with Crippen molar-refractivity contribution in [3.8, 4) is 11.5 Å². The summed E-state index contributed by atoms with van der Waals surface area (Å²) < 4.78 is 40.2. The van der Waals surface area contributed by atoms with Gasteiger partial charge in [0.15, 0.2) is 17.8 Å².